The van der Waals surface area contributed by atoms with Crippen molar-refractivity contribution in [1.29, 1.82) is 0 Å². The van der Waals surface area contributed by atoms with Crippen molar-refractivity contribution < 1.29 is 9.47 Å². The van der Waals surface area contributed by atoms with Crippen LogP contribution in [0.15, 0.2) is 48.5 Å². The summed E-state index contributed by atoms with van der Waals surface area (Å²) >= 11 is 0. The maximum absolute atomic E-state index is 6.10. The van der Waals surface area contributed by atoms with Crippen molar-refractivity contribution in [3.05, 3.63) is 65.2 Å². The number of nitrogens with two attached hydrogens (primary N) is 1. The van der Waals surface area contributed by atoms with Gasteiger partial charge in [0.15, 0.2) is 6.79 Å². The zero-order valence-electron chi connectivity index (χ0n) is 15.6. The lowest BCUT2D eigenvalue weighted by Gasteiger charge is -2.24. The van der Waals surface area contributed by atoms with Gasteiger partial charge in [-0.1, -0.05) is 36.4 Å². The van der Waals surface area contributed by atoms with Crippen LogP contribution in [-0.2, 0) is 24.3 Å². The Morgan fingerprint density at radius 2 is 1.89 bits per heavy atom. The molecular formula is C22H22N4O2. The number of nitrogen functional groups attached to an aromatic ring is 1. The third-order valence-corrected chi connectivity index (χ3v) is 5.36. The molecule has 6 heteroatoms. The Morgan fingerprint density at radius 1 is 1.00 bits per heavy atom. The van der Waals surface area contributed by atoms with Crippen LogP contribution in [0.5, 0.6) is 5.75 Å². The zero-order chi connectivity index (χ0) is 18.9. The van der Waals surface area contributed by atoms with Gasteiger partial charge in [-0.3, -0.25) is 0 Å². The summed E-state index contributed by atoms with van der Waals surface area (Å²) in [5.74, 6) is 1.97. The highest BCUT2D eigenvalue weighted by molar-refractivity contribution is 5.70. The molecule has 0 spiro atoms. The highest BCUT2D eigenvalue weighted by Crippen LogP contribution is 2.34. The van der Waals surface area contributed by atoms with E-state index in [9.17, 15) is 0 Å². The number of fused-ring (bicyclic) bond motifs is 2. The van der Waals surface area contributed by atoms with E-state index in [2.05, 4.69) is 39.1 Å². The lowest BCUT2D eigenvalue weighted by Crippen LogP contribution is -2.24. The van der Waals surface area contributed by atoms with Crippen LogP contribution in [-0.4, -0.2) is 23.3 Å². The van der Waals surface area contributed by atoms with Gasteiger partial charge in [0.1, 0.15) is 11.6 Å². The number of ether oxygens (including phenoxy) is 2. The molecule has 0 radical (unpaired) electrons. The molecule has 3 heterocycles. The molecule has 2 aliphatic heterocycles. The third kappa shape index (κ3) is 3.16. The standard InChI is InChI=1S/C22H22N4O2/c23-22-24-19(17-8-3-9-20-18(17)13-27-14-28-20)11-21(25-22)26-10-4-7-15-5-1-2-6-16(15)12-26/h1-3,5-6,8-9,11H,4,7,10,12-14H2,(H2,23,24,25). The van der Waals surface area contributed by atoms with Gasteiger partial charge in [0, 0.05) is 30.3 Å². The van der Waals surface area contributed by atoms with Crippen molar-refractivity contribution in [3.8, 4) is 17.0 Å². The molecule has 0 atom stereocenters. The smallest absolute Gasteiger partial charge is 0.222 e. The van der Waals surface area contributed by atoms with E-state index in [-0.39, 0.29) is 12.7 Å². The first-order valence-electron chi connectivity index (χ1n) is 9.57. The fraction of sp³-hybridized carbons (Fsp3) is 0.273. The summed E-state index contributed by atoms with van der Waals surface area (Å²) in [6.07, 6.45) is 2.17. The highest BCUT2D eigenvalue weighted by atomic mass is 16.7. The molecule has 0 saturated heterocycles. The van der Waals surface area contributed by atoms with Gasteiger partial charge in [0.2, 0.25) is 5.95 Å². The van der Waals surface area contributed by atoms with E-state index in [0.717, 1.165) is 54.3 Å². The minimum absolute atomic E-state index is 0.278. The Bertz CT molecular complexity index is 1020. The number of benzene rings is 2. The fourth-order valence-electron chi connectivity index (χ4n) is 3.99. The van der Waals surface area contributed by atoms with E-state index in [1.807, 2.05) is 24.3 Å². The van der Waals surface area contributed by atoms with E-state index in [1.165, 1.54) is 11.1 Å². The molecule has 1 aromatic heterocycles. The molecular weight excluding hydrogens is 352 g/mol. The number of hydrogen-bond donors (Lipinski definition) is 1. The van der Waals surface area contributed by atoms with Crippen molar-refractivity contribution in [2.24, 2.45) is 0 Å². The van der Waals surface area contributed by atoms with Crippen LogP contribution in [0.4, 0.5) is 11.8 Å². The molecule has 28 heavy (non-hydrogen) atoms. The lowest BCUT2D eigenvalue weighted by molar-refractivity contribution is -0.0160. The molecule has 0 amide bonds. The molecule has 142 valence electrons. The van der Waals surface area contributed by atoms with Crippen molar-refractivity contribution in [3.63, 3.8) is 0 Å². The summed E-state index contributed by atoms with van der Waals surface area (Å²) in [6, 6.07) is 16.6. The van der Waals surface area contributed by atoms with Crippen LogP contribution in [0.3, 0.4) is 0 Å². The molecule has 2 N–H and O–H groups in total. The van der Waals surface area contributed by atoms with Crippen molar-refractivity contribution >= 4 is 11.8 Å². The summed E-state index contributed by atoms with van der Waals surface area (Å²) in [5, 5.41) is 0. The number of nitrogens with zero attached hydrogens (tertiary/aromatic N) is 3. The number of aromatic nitrogens is 2. The first-order valence-corrected chi connectivity index (χ1v) is 9.57. The Balaban J connectivity index is 1.54. The van der Waals surface area contributed by atoms with Crippen LogP contribution < -0.4 is 15.4 Å². The van der Waals surface area contributed by atoms with Gasteiger partial charge in [-0.05, 0) is 30.0 Å². The summed E-state index contributed by atoms with van der Waals surface area (Å²) in [7, 11) is 0. The number of hydrogen-bond acceptors (Lipinski definition) is 6. The van der Waals surface area contributed by atoms with E-state index in [4.69, 9.17) is 15.2 Å². The van der Waals surface area contributed by atoms with Crippen LogP contribution >= 0.6 is 0 Å². The van der Waals surface area contributed by atoms with Gasteiger partial charge in [0.25, 0.3) is 0 Å². The zero-order valence-corrected chi connectivity index (χ0v) is 15.6. The Hall–Kier alpha value is -3.12. The van der Waals surface area contributed by atoms with Gasteiger partial charge >= 0.3 is 0 Å². The molecule has 2 aliphatic rings. The maximum Gasteiger partial charge on any atom is 0.222 e. The van der Waals surface area contributed by atoms with E-state index >= 15 is 0 Å². The van der Waals surface area contributed by atoms with E-state index < -0.39 is 0 Å². The first-order chi connectivity index (χ1) is 13.8. The van der Waals surface area contributed by atoms with Crippen LogP contribution in [0, 0.1) is 0 Å². The summed E-state index contributed by atoms with van der Waals surface area (Å²) in [6.45, 7) is 2.54. The molecule has 5 rings (SSSR count). The SMILES string of the molecule is Nc1nc(-c2cccc3c2COCO3)cc(N2CCCc3ccccc3C2)n1. The predicted molar refractivity (Wildman–Crippen MR) is 108 cm³/mol. The molecule has 3 aromatic rings. The molecule has 0 aliphatic carbocycles. The monoisotopic (exact) mass is 374 g/mol. The van der Waals surface area contributed by atoms with Gasteiger partial charge in [-0.15, -0.1) is 0 Å². The quantitative estimate of drug-likeness (QED) is 0.740. The van der Waals surface area contributed by atoms with Gasteiger partial charge in [-0.25, -0.2) is 4.98 Å². The average molecular weight is 374 g/mol. The second kappa shape index (κ2) is 7.13. The largest absolute Gasteiger partial charge is 0.467 e. The van der Waals surface area contributed by atoms with E-state index in [0.29, 0.717) is 6.61 Å². The number of aryl methyl sites for hydroxylation is 1. The second-order valence-electron chi connectivity index (χ2n) is 7.16. The third-order valence-electron chi connectivity index (χ3n) is 5.36. The van der Waals surface area contributed by atoms with Crippen LogP contribution in [0.25, 0.3) is 11.3 Å². The minimum atomic E-state index is 0.278. The Morgan fingerprint density at radius 3 is 2.82 bits per heavy atom. The van der Waals surface area contributed by atoms with E-state index in [1.54, 1.807) is 0 Å². The molecule has 2 aromatic carbocycles. The van der Waals surface area contributed by atoms with Crippen molar-refractivity contribution in [1.82, 2.24) is 9.97 Å². The first kappa shape index (κ1) is 17.0. The fourth-order valence-corrected chi connectivity index (χ4v) is 3.99. The average Bonchev–Trinajstić information content (AvgIpc) is 2.95. The second-order valence-corrected chi connectivity index (χ2v) is 7.16. The maximum atomic E-state index is 6.10. The van der Waals surface area contributed by atoms with Gasteiger partial charge in [0.05, 0.1) is 12.3 Å². The Kier molecular flexibility index (Phi) is 4.33. The highest BCUT2D eigenvalue weighted by Gasteiger charge is 2.20. The lowest BCUT2D eigenvalue weighted by atomic mass is 10.0. The minimum Gasteiger partial charge on any atom is -0.467 e. The van der Waals surface area contributed by atoms with Crippen LogP contribution in [0.1, 0.15) is 23.1 Å². The summed E-state index contributed by atoms with van der Waals surface area (Å²) < 4.78 is 11.1. The summed E-state index contributed by atoms with van der Waals surface area (Å²) in [4.78, 5) is 11.3. The van der Waals surface area contributed by atoms with Gasteiger partial charge < -0.3 is 20.1 Å². The number of anilines is 2. The summed E-state index contributed by atoms with van der Waals surface area (Å²) in [5.41, 5.74) is 11.6. The number of rotatable bonds is 2. The Labute approximate surface area is 163 Å². The van der Waals surface area contributed by atoms with Crippen molar-refractivity contribution in [2.45, 2.75) is 26.0 Å². The molecule has 0 unspecified atom stereocenters. The molecule has 0 saturated carbocycles. The van der Waals surface area contributed by atoms with Gasteiger partial charge in [-0.2, -0.15) is 4.98 Å². The molecule has 6 nitrogen and oxygen atoms in total. The van der Waals surface area contributed by atoms with Crippen LogP contribution in [0.2, 0.25) is 0 Å². The molecule has 0 fully saturated rings. The molecule has 0 bridgehead atoms. The normalized spacial score (nSPS) is 15.9. The van der Waals surface area contributed by atoms with Crippen molar-refractivity contribution in [2.75, 3.05) is 24.0 Å². The predicted octanol–water partition coefficient (Wildman–Crippen LogP) is 3.55. The topological polar surface area (TPSA) is 73.5 Å².